The van der Waals surface area contributed by atoms with Crippen molar-refractivity contribution in [3.05, 3.63) is 47.8 Å². The van der Waals surface area contributed by atoms with Crippen molar-refractivity contribution in [1.82, 2.24) is 4.98 Å². The van der Waals surface area contributed by atoms with E-state index in [1.807, 2.05) is 26.0 Å². The van der Waals surface area contributed by atoms with Gasteiger partial charge in [0.2, 0.25) is 0 Å². The maximum absolute atomic E-state index is 9.63. The molecule has 1 heterocycles. The van der Waals surface area contributed by atoms with Gasteiger partial charge in [-0.2, -0.15) is 5.11 Å². The summed E-state index contributed by atoms with van der Waals surface area (Å²) in [6, 6.07) is 7.22. The molecule has 0 aliphatic rings. The van der Waals surface area contributed by atoms with Crippen LogP contribution in [0.15, 0.2) is 46.9 Å². The number of aryl methyl sites for hydroxylation is 2. The maximum atomic E-state index is 9.63. The van der Waals surface area contributed by atoms with Gasteiger partial charge in [0.1, 0.15) is 11.4 Å². The van der Waals surface area contributed by atoms with Crippen LogP contribution < -0.4 is 0 Å². The third-order valence-corrected chi connectivity index (χ3v) is 2.40. The largest absolute Gasteiger partial charge is 0.507 e. The smallest absolute Gasteiger partial charge is 0.121 e. The van der Waals surface area contributed by atoms with Gasteiger partial charge in [0.05, 0.1) is 11.9 Å². The molecule has 0 aliphatic heterocycles. The Morgan fingerprint density at radius 2 is 1.71 bits per heavy atom. The second-order valence-electron chi connectivity index (χ2n) is 3.84. The van der Waals surface area contributed by atoms with E-state index in [1.165, 1.54) is 0 Å². The van der Waals surface area contributed by atoms with E-state index < -0.39 is 0 Å². The predicted molar refractivity (Wildman–Crippen MR) is 66.0 cm³/mol. The number of hydrogen-bond acceptors (Lipinski definition) is 4. The lowest BCUT2D eigenvalue weighted by molar-refractivity contribution is 0.467. The van der Waals surface area contributed by atoms with Gasteiger partial charge in [0.25, 0.3) is 0 Å². The Morgan fingerprint density at radius 1 is 1.06 bits per heavy atom. The zero-order valence-electron chi connectivity index (χ0n) is 9.75. The van der Waals surface area contributed by atoms with Gasteiger partial charge in [-0.15, -0.1) is 5.11 Å². The van der Waals surface area contributed by atoms with Crippen LogP contribution in [0.25, 0.3) is 0 Å². The first-order valence-corrected chi connectivity index (χ1v) is 5.29. The van der Waals surface area contributed by atoms with Crippen LogP contribution >= 0.6 is 0 Å². The quantitative estimate of drug-likeness (QED) is 0.793. The van der Waals surface area contributed by atoms with Gasteiger partial charge in [-0.3, -0.25) is 4.98 Å². The Balaban J connectivity index is 2.28. The van der Waals surface area contributed by atoms with E-state index in [0.29, 0.717) is 11.4 Å². The van der Waals surface area contributed by atoms with Crippen molar-refractivity contribution in [2.75, 3.05) is 0 Å². The van der Waals surface area contributed by atoms with Crippen LogP contribution in [-0.2, 0) is 0 Å². The Morgan fingerprint density at radius 3 is 2.29 bits per heavy atom. The summed E-state index contributed by atoms with van der Waals surface area (Å²) in [4.78, 5) is 3.95. The molecule has 0 aliphatic carbocycles. The van der Waals surface area contributed by atoms with Crippen molar-refractivity contribution in [3.63, 3.8) is 0 Å². The zero-order valence-corrected chi connectivity index (χ0v) is 9.75. The molecule has 1 aromatic carbocycles. The van der Waals surface area contributed by atoms with Crippen LogP contribution in [0.1, 0.15) is 11.1 Å². The topological polar surface area (TPSA) is 57.8 Å². The Hall–Kier alpha value is -2.23. The normalized spacial score (nSPS) is 10.9. The number of phenolic OH excluding ortho intramolecular Hbond substituents is 1. The molecule has 1 aromatic heterocycles. The van der Waals surface area contributed by atoms with Gasteiger partial charge in [-0.1, -0.05) is 0 Å². The summed E-state index contributed by atoms with van der Waals surface area (Å²) in [5.74, 6) is 0.310. The van der Waals surface area contributed by atoms with Gasteiger partial charge in [0.15, 0.2) is 0 Å². The minimum absolute atomic E-state index is 0.310. The molecule has 0 amide bonds. The van der Waals surface area contributed by atoms with E-state index in [1.54, 1.807) is 24.5 Å². The highest BCUT2D eigenvalue weighted by atomic mass is 16.3. The average Bonchev–Trinajstić information content (AvgIpc) is 2.34. The van der Waals surface area contributed by atoms with Crippen LogP contribution in [-0.4, -0.2) is 10.1 Å². The van der Waals surface area contributed by atoms with Crippen LogP contribution in [0.3, 0.4) is 0 Å². The number of nitrogens with zero attached hydrogens (tertiary/aromatic N) is 3. The summed E-state index contributed by atoms with van der Waals surface area (Å²) in [7, 11) is 0. The van der Waals surface area contributed by atoms with Gasteiger partial charge in [-0.05, 0) is 49.2 Å². The summed E-state index contributed by atoms with van der Waals surface area (Å²) >= 11 is 0. The molecule has 0 atom stereocenters. The van der Waals surface area contributed by atoms with Crippen molar-refractivity contribution in [3.8, 4) is 5.75 Å². The Kier molecular flexibility index (Phi) is 3.14. The highest BCUT2D eigenvalue weighted by molar-refractivity contribution is 5.51. The zero-order chi connectivity index (χ0) is 12.3. The molecule has 0 fully saturated rings. The fraction of sp³-hybridized carbons (Fsp3) is 0.154. The van der Waals surface area contributed by atoms with Crippen molar-refractivity contribution < 1.29 is 5.11 Å². The summed E-state index contributed by atoms with van der Waals surface area (Å²) in [5, 5.41) is 17.8. The number of rotatable bonds is 2. The lowest BCUT2D eigenvalue weighted by Crippen LogP contribution is -1.79. The van der Waals surface area contributed by atoms with Gasteiger partial charge in [-0.25, -0.2) is 0 Å². The number of aromatic hydroxyl groups is 1. The first-order valence-electron chi connectivity index (χ1n) is 5.29. The molecule has 0 bridgehead atoms. The minimum Gasteiger partial charge on any atom is -0.507 e. The van der Waals surface area contributed by atoms with Crippen LogP contribution in [0.4, 0.5) is 11.4 Å². The number of hydrogen-bond donors (Lipinski definition) is 1. The fourth-order valence-corrected chi connectivity index (χ4v) is 1.52. The van der Waals surface area contributed by atoms with Crippen LogP contribution in [0, 0.1) is 13.8 Å². The number of aromatic nitrogens is 1. The SMILES string of the molecule is Cc1cc(/N=N/c2cccnc2)cc(C)c1O. The van der Waals surface area contributed by atoms with Crippen molar-refractivity contribution in [1.29, 1.82) is 0 Å². The van der Waals surface area contributed by atoms with Gasteiger partial charge >= 0.3 is 0 Å². The summed E-state index contributed by atoms with van der Waals surface area (Å²) in [6.45, 7) is 3.68. The number of benzene rings is 1. The first kappa shape index (κ1) is 11.3. The Bertz CT molecular complexity index is 527. The molecule has 86 valence electrons. The van der Waals surface area contributed by atoms with E-state index in [-0.39, 0.29) is 0 Å². The lowest BCUT2D eigenvalue weighted by atomic mass is 10.1. The molecular weight excluding hydrogens is 214 g/mol. The molecule has 1 N–H and O–H groups in total. The molecule has 0 radical (unpaired) electrons. The van der Waals surface area contributed by atoms with Crippen molar-refractivity contribution in [2.45, 2.75) is 13.8 Å². The fourth-order valence-electron chi connectivity index (χ4n) is 1.52. The van der Waals surface area contributed by atoms with Gasteiger partial charge in [0, 0.05) is 6.20 Å². The molecule has 4 nitrogen and oxygen atoms in total. The first-order chi connectivity index (χ1) is 8.16. The monoisotopic (exact) mass is 227 g/mol. The third kappa shape index (κ3) is 2.66. The average molecular weight is 227 g/mol. The Labute approximate surface area is 99.7 Å². The molecule has 17 heavy (non-hydrogen) atoms. The van der Waals surface area contributed by atoms with Crippen LogP contribution in [0.5, 0.6) is 5.75 Å². The molecule has 2 rings (SSSR count). The molecule has 0 unspecified atom stereocenters. The second kappa shape index (κ2) is 4.74. The number of azo groups is 1. The van der Waals surface area contributed by atoms with Gasteiger partial charge < -0.3 is 5.11 Å². The number of pyridine rings is 1. The molecular formula is C13H13N3O. The summed E-state index contributed by atoms with van der Waals surface area (Å²) < 4.78 is 0. The van der Waals surface area contributed by atoms with E-state index in [9.17, 15) is 5.11 Å². The molecule has 0 saturated heterocycles. The molecule has 0 saturated carbocycles. The van der Waals surface area contributed by atoms with E-state index in [0.717, 1.165) is 16.8 Å². The highest BCUT2D eigenvalue weighted by Crippen LogP contribution is 2.28. The second-order valence-corrected chi connectivity index (χ2v) is 3.84. The molecule has 2 aromatic rings. The lowest BCUT2D eigenvalue weighted by Gasteiger charge is -2.03. The third-order valence-electron chi connectivity index (χ3n) is 2.40. The van der Waals surface area contributed by atoms with Crippen molar-refractivity contribution in [2.24, 2.45) is 10.2 Å². The standard InChI is InChI=1S/C13H13N3O/c1-9-6-12(7-10(2)13(9)17)16-15-11-4-3-5-14-8-11/h3-8,17H,1-2H3/b16-15+. The number of phenols is 1. The molecule has 4 heteroatoms. The molecule has 0 spiro atoms. The summed E-state index contributed by atoms with van der Waals surface area (Å²) in [5.41, 5.74) is 3.02. The maximum Gasteiger partial charge on any atom is 0.121 e. The highest BCUT2D eigenvalue weighted by Gasteiger charge is 2.02. The van der Waals surface area contributed by atoms with Crippen LogP contribution in [0.2, 0.25) is 0 Å². The van der Waals surface area contributed by atoms with Crippen molar-refractivity contribution >= 4 is 11.4 Å². The summed E-state index contributed by atoms with van der Waals surface area (Å²) in [6.07, 6.45) is 3.33. The predicted octanol–water partition coefficient (Wildman–Crippen LogP) is 3.82. The van der Waals surface area contributed by atoms with E-state index >= 15 is 0 Å². The minimum atomic E-state index is 0.310. The van der Waals surface area contributed by atoms with E-state index in [2.05, 4.69) is 15.2 Å². The van der Waals surface area contributed by atoms with E-state index in [4.69, 9.17) is 0 Å².